The van der Waals surface area contributed by atoms with E-state index in [0.29, 0.717) is 34.6 Å². The van der Waals surface area contributed by atoms with E-state index >= 15 is 0 Å². The normalized spacial score (nSPS) is 11.2. The van der Waals surface area contributed by atoms with Crippen molar-refractivity contribution in [3.05, 3.63) is 112 Å². The summed E-state index contributed by atoms with van der Waals surface area (Å²) in [7, 11) is 0. The molecule has 13 heteroatoms. The predicted octanol–water partition coefficient (Wildman–Crippen LogP) is 2.94. The van der Waals surface area contributed by atoms with Gasteiger partial charge < -0.3 is 32.5 Å². The molecule has 0 saturated heterocycles. The largest absolute Gasteiger partial charge is 0.463 e. The molecule has 0 atom stereocenters. The van der Waals surface area contributed by atoms with Crippen molar-refractivity contribution in [1.82, 2.24) is 20.2 Å². The van der Waals surface area contributed by atoms with Crippen molar-refractivity contribution < 1.29 is 19.5 Å². The van der Waals surface area contributed by atoms with Crippen LogP contribution in [0.1, 0.15) is 40.9 Å². The molecule has 3 aromatic carbocycles. The number of benzene rings is 3. The highest BCUT2D eigenvalue weighted by molar-refractivity contribution is 6.02. The maximum atomic E-state index is 13.5. The van der Waals surface area contributed by atoms with E-state index in [4.69, 9.17) is 16.6 Å². The zero-order chi connectivity index (χ0) is 32.5. The van der Waals surface area contributed by atoms with Crippen molar-refractivity contribution in [2.24, 2.45) is 10.7 Å². The Balaban J connectivity index is 1.57. The smallest absolute Gasteiger partial charge is 0.433 e. The van der Waals surface area contributed by atoms with Crippen LogP contribution < -0.4 is 33.0 Å². The highest BCUT2D eigenvalue weighted by Gasteiger charge is 2.18. The van der Waals surface area contributed by atoms with Crippen molar-refractivity contribution in [3.63, 3.8) is 0 Å². The molecule has 45 heavy (non-hydrogen) atoms. The minimum absolute atomic E-state index is 0.0717. The first-order valence-electron chi connectivity index (χ1n) is 14.0. The Morgan fingerprint density at radius 1 is 0.933 bits per heavy atom. The lowest BCUT2D eigenvalue weighted by molar-refractivity contribution is -0.121. The van der Waals surface area contributed by atoms with Crippen molar-refractivity contribution in [2.75, 3.05) is 11.1 Å². The van der Waals surface area contributed by atoms with Crippen LogP contribution in [0.25, 0.3) is 11.3 Å². The molecule has 13 nitrogen and oxygen atoms in total. The molecule has 0 aliphatic heterocycles. The molecule has 1 aromatic heterocycles. The first-order chi connectivity index (χ1) is 21.5. The van der Waals surface area contributed by atoms with E-state index in [1.54, 1.807) is 36.4 Å². The molecule has 0 unspecified atom stereocenters. The number of aliphatic imine (C=N–C) groups is 1. The molecule has 0 saturated carbocycles. The van der Waals surface area contributed by atoms with Gasteiger partial charge in [-0.25, -0.2) is 9.78 Å². The molecule has 0 fully saturated rings. The van der Waals surface area contributed by atoms with E-state index in [9.17, 15) is 19.2 Å². The Hall–Kier alpha value is -5.98. The minimum atomic E-state index is -1.40. The number of carboxylic acid groups (broad SMARTS) is 1. The summed E-state index contributed by atoms with van der Waals surface area (Å²) in [4.78, 5) is 58.0. The van der Waals surface area contributed by atoms with Gasteiger partial charge in [0.05, 0.1) is 11.9 Å². The molecule has 232 valence electrons. The second-order valence-corrected chi connectivity index (χ2v) is 10.4. The highest BCUT2D eigenvalue weighted by atomic mass is 16.4. The number of carbonyl (C=O) groups excluding carboxylic acids is 2. The second kappa shape index (κ2) is 14.5. The number of amides is 3. The van der Waals surface area contributed by atoms with Gasteiger partial charge in [-0.15, -0.1) is 0 Å². The van der Waals surface area contributed by atoms with Crippen molar-refractivity contribution in [2.45, 2.75) is 39.5 Å². The van der Waals surface area contributed by atoms with Crippen LogP contribution in [0.2, 0.25) is 0 Å². The standard InChI is InChI=1S/C32H34N8O5/c1-19(2)38-29-31(43)40(18-27(41)35-15-21-8-10-22(11-9-21)28(34)39-32(44)45)26(17-36-29)23-12-24(14-25(33)13-23)30(42)37-16-20-6-4-3-5-7-20/h3-14,17,19H,15-16,18,33H2,1-2H3,(H2,34,39)(H,35,41)(H,36,38)(H,37,42)(H,44,45). The van der Waals surface area contributed by atoms with Gasteiger partial charge in [0, 0.05) is 41.5 Å². The van der Waals surface area contributed by atoms with Gasteiger partial charge in [-0.2, -0.15) is 4.99 Å². The minimum Gasteiger partial charge on any atom is -0.463 e. The van der Waals surface area contributed by atoms with Crippen LogP contribution >= 0.6 is 0 Å². The zero-order valence-electron chi connectivity index (χ0n) is 24.8. The number of carbonyl (C=O) groups is 3. The molecule has 4 aromatic rings. The van der Waals surface area contributed by atoms with Crippen LogP contribution in [-0.2, 0) is 24.4 Å². The summed E-state index contributed by atoms with van der Waals surface area (Å²) in [5, 5.41) is 17.4. The fraction of sp³-hybridized carbons (Fsp3) is 0.188. The number of anilines is 2. The van der Waals surface area contributed by atoms with Crippen LogP contribution in [0.15, 0.2) is 88.8 Å². The molecule has 0 radical (unpaired) electrons. The molecule has 4 rings (SSSR count). The van der Waals surface area contributed by atoms with Gasteiger partial charge in [-0.3, -0.25) is 19.0 Å². The average Bonchev–Trinajstić information content (AvgIpc) is 3.00. The molecule has 1 heterocycles. The van der Waals surface area contributed by atoms with Crippen molar-refractivity contribution in [1.29, 1.82) is 0 Å². The van der Waals surface area contributed by atoms with E-state index < -0.39 is 17.6 Å². The number of nitrogens with two attached hydrogens (primary N) is 2. The topological polar surface area (TPSA) is 207 Å². The molecular formula is C32H34N8O5. The van der Waals surface area contributed by atoms with Gasteiger partial charge >= 0.3 is 6.09 Å². The quantitative estimate of drug-likeness (QED) is 0.0837. The molecule has 0 aliphatic rings. The maximum Gasteiger partial charge on any atom is 0.433 e. The van der Waals surface area contributed by atoms with Gasteiger partial charge in [-0.05, 0) is 43.2 Å². The summed E-state index contributed by atoms with van der Waals surface area (Å²) in [6.07, 6.45) is 0.0591. The molecule has 0 spiro atoms. The van der Waals surface area contributed by atoms with Crippen LogP contribution in [0.3, 0.4) is 0 Å². The second-order valence-electron chi connectivity index (χ2n) is 10.4. The summed E-state index contributed by atoms with van der Waals surface area (Å²) in [6.45, 7) is 3.82. The van der Waals surface area contributed by atoms with Crippen LogP contribution in [0.4, 0.5) is 16.3 Å². The lowest BCUT2D eigenvalue weighted by Crippen LogP contribution is -2.35. The maximum absolute atomic E-state index is 13.5. The first-order valence-corrected chi connectivity index (χ1v) is 14.0. The Morgan fingerprint density at radius 2 is 1.60 bits per heavy atom. The Labute approximate surface area is 259 Å². The Bertz CT molecular complexity index is 1780. The number of aromatic nitrogens is 2. The number of nitrogens with zero attached hydrogens (tertiary/aromatic N) is 3. The fourth-order valence-corrected chi connectivity index (χ4v) is 4.42. The number of rotatable bonds is 11. The monoisotopic (exact) mass is 610 g/mol. The van der Waals surface area contributed by atoms with E-state index in [2.05, 4.69) is 25.9 Å². The van der Waals surface area contributed by atoms with Crippen molar-refractivity contribution in [3.8, 4) is 11.3 Å². The average molecular weight is 611 g/mol. The van der Waals surface area contributed by atoms with E-state index in [0.717, 1.165) is 5.56 Å². The van der Waals surface area contributed by atoms with Gasteiger partial charge in [0.2, 0.25) is 5.91 Å². The first kappa shape index (κ1) is 31.9. The van der Waals surface area contributed by atoms with Gasteiger partial charge in [0.15, 0.2) is 5.82 Å². The summed E-state index contributed by atoms with van der Waals surface area (Å²) < 4.78 is 1.28. The molecule has 0 bridgehead atoms. The van der Waals surface area contributed by atoms with Gasteiger partial charge in [-0.1, -0.05) is 54.6 Å². The summed E-state index contributed by atoms with van der Waals surface area (Å²) in [5.74, 6) is -0.887. The number of hydrogen-bond acceptors (Lipinski definition) is 7. The molecule has 3 amide bonds. The van der Waals surface area contributed by atoms with Crippen LogP contribution in [0.5, 0.6) is 0 Å². The number of amidine groups is 1. The fourth-order valence-electron chi connectivity index (χ4n) is 4.42. The zero-order valence-corrected chi connectivity index (χ0v) is 24.8. The molecule has 8 N–H and O–H groups in total. The van der Waals surface area contributed by atoms with E-state index in [-0.39, 0.29) is 42.3 Å². The van der Waals surface area contributed by atoms with Crippen LogP contribution in [-0.4, -0.2) is 44.4 Å². The van der Waals surface area contributed by atoms with Gasteiger partial charge in [0.25, 0.3) is 11.5 Å². The SMILES string of the molecule is CC(C)Nc1ncc(-c2cc(N)cc(C(=O)NCc3ccccc3)c2)n(CC(=O)NCc2ccc(/C(N)=N\C(=O)O)cc2)c1=O. The highest BCUT2D eigenvalue weighted by Crippen LogP contribution is 2.23. The summed E-state index contributed by atoms with van der Waals surface area (Å²) in [5.41, 5.74) is 14.7. The third kappa shape index (κ3) is 8.76. The third-order valence-corrected chi connectivity index (χ3v) is 6.55. The van der Waals surface area contributed by atoms with Crippen LogP contribution in [0, 0.1) is 0 Å². The Morgan fingerprint density at radius 3 is 2.27 bits per heavy atom. The number of hydrogen-bond donors (Lipinski definition) is 6. The number of nitrogen functional groups attached to an aromatic ring is 1. The molecular weight excluding hydrogens is 576 g/mol. The van der Waals surface area contributed by atoms with Gasteiger partial charge in [0.1, 0.15) is 12.4 Å². The van der Waals surface area contributed by atoms with Crippen molar-refractivity contribution >= 4 is 35.2 Å². The van der Waals surface area contributed by atoms with E-state index in [1.807, 2.05) is 44.2 Å². The predicted molar refractivity (Wildman–Crippen MR) is 172 cm³/mol. The summed E-state index contributed by atoms with van der Waals surface area (Å²) in [6, 6.07) is 20.6. The Kier molecular flexibility index (Phi) is 10.3. The summed E-state index contributed by atoms with van der Waals surface area (Å²) >= 11 is 0. The third-order valence-electron chi connectivity index (χ3n) is 6.55. The lowest BCUT2D eigenvalue weighted by Gasteiger charge is -2.17. The number of nitrogens with one attached hydrogen (secondary N) is 3. The van der Waals surface area contributed by atoms with E-state index in [1.165, 1.54) is 16.8 Å². The molecule has 0 aliphatic carbocycles. The lowest BCUT2D eigenvalue weighted by atomic mass is 10.1.